The minimum Gasteiger partial charge on any atom is -0.378 e. The molecular weight excluding hydrogens is 326 g/mol. The van der Waals surface area contributed by atoms with Crippen molar-refractivity contribution in [3.05, 3.63) is 17.5 Å². The van der Waals surface area contributed by atoms with Crippen LogP contribution in [0.1, 0.15) is 56.8 Å². The summed E-state index contributed by atoms with van der Waals surface area (Å²) < 4.78 is 8.09. The number of hydrogen-bond donors (Lipinski definition) is 2. The van der Waals surface area contributed by atoms with Gasteiger partial charge in [-0.05, 0) is 52.5 Å². The predicted molar refractivity (Wildman–Crippen MR) is 106 cm³/mol. The van der Waals surface area contributed by atoms with Crippen molar-refractivity contribution >= 4 is 5.96 Å². The van der Waals surface area contributed by atoms with Crippen LogP contribution in [0.3, 0.4) is 0 Å². The van der Waals surface area contributed by atoms with E-state index in [1.807, 2.05) is 14.0 Å². The zero-order chi connectivity index (χ0) is 18.6. The molecule has 26 heavy (non-hydrogen) atoms. The molecule has 6 nitrogen and oxygen atoms in total. The summed E-state index contributed by atoms with van der Waals surface area (Å²) >= 11 is 0. The van der Waals surface area contributed by atoms with Crippen LogP contribution in [0.25, 0.3) is 0 Å². The van der Waals surface area contributed by atoms with Gasteiger partial charge in [0, 0.05) is 43.9 Å². The number of nitrogens with one attached hydrogen (secondary N) is 2. The third-order valence-electron chi connectivity index (χ3n) is 6.16. The minimum absolute atomic E-state index is 0.331. The topological polar surface area (TPSA) is 63.5 Å². The Morgan fingerprint density at radius 1 is 1.38 bits per heavy atom. The first-order valence-corrected chi connectivity index (χ1v) is 10.2. The smallest absolute Gasteiger partial charge is 0.191 e. The molecule has 1 aromatic heterocycles. The Morgan fingerprint density at radius 3 is 2.77 bits per heavy atom. The van der Waals surface area contributed by atoms with E-state index in [0.717, 1.165) is 44.2 Å². The van der Waals surface area contributed by atoms with Gasteiger partial charge in [-0.25, -0.2) is 0 Å². The second kappa shape index (κ2) is 8.42. The monoisotopic (exact) mass is 361 g/mol. The molecule has 0 bridgehead atoms. The molecule has 2 fully saturated rings. The summed E-state index contributed by atoms with van der Waals surface area (Å²) in [5.74, 6) is 0.921. The van der Waals surface area contributed by atoms with Crippen LogP contribution in [-0.2, 0) is 11.3 Å². The van der Waals surface area contributed by atoms with Crippen molar-refractivity contribution in [3.8, 4) is 0 Å². The van der Waals surface area contributed by atoms with Gasteiger partial charge in [-0.1, -0.05) is 12.8 Å². The molecule has 146 valence electrons. The second-order valence-corrected chi connectivity index (χ2v) is 7.82. The summed E-state index contributed by atoms with van der Waals surface area (Å²) in [6, 6.07) is 2.61. The predicted octanol–water partition coefficient (Wildman–Crippen LogP) is 2.79. The molecule has 3 rings (SSSR count). The quantitative estimate of drug-likeness (QED) is 0.445. The molecule has 0 amide bonds. The van der Waals surface area contributed by atoms with E-state index in [4.69, 9.17) is 4.74 Å². The molecule has 0 aliphatic heterocycles. The third kappa shape index (κ3) is 3.90. The summed E-state index contributed by atoms with van der Waals surface area (Å²) in [7, 11) is 1.86. The first-order chi connectivity index (χ1) is 12.6. The van der Waals surface area contributed by atoms with E-state index in [1.165, 1.54) is 31.4 Å². The van der Waals surface area contributed by atoms with Crippen molar-refractivity contribution in [2.24, 2.45) is 10.4 Å². The Morgan fingerprint density at radius 2 is 2.15 bits per heavy atom. The number of aliphatic imine (C=N–C) groups is 1. The van der Waals surface area contributed by atoms with E-state index in [0.29, 0.717) is 17.6 Å². The summed E-state index contributed by atoms with van der Waals surface area (Å²) in [6.45, 7) is 8.90. The number of nitrogens with zero attached hydrogens (tertiary/aromatic N) is 3. The SMILES string of the molecule is CCOC1CC(NC(=NC)NCCCn2nc(C)cc2C)C12CCCC2. The van der Waals surface area contributed by atoms with Crippen LogP contribution in [0.4, 0.5) is 0 Å². The maximum atomic E-state index is 6.01. The van der Waals surface area contributed by atoms with Crippen LogP contribution in [0.5, 0.6) is 0 Å². The molecule has 0 saturated heterocycles. The highest BCUT2D eigenvalue weighted by Crippen LogP contribution is 2.54. The normalized spacial score (nSPS) is 24.7. The maximum Gasteiger partial charge on any atom is 0.191 e. The Bertz CT molecular complexity index is 618. The summed E-state index contributed by atoms with van der Waals surface area (Å²) in [6.07, 6.45) is 7.78. The summed E-state index contributed by atoms with van der Waals surface area (Å²) in [5.41, 5.74) is 2.64. The largest absolute Gasteiger partial charge is 0.378 e. The fraction of sp³-hybridized carbons (Fsp3) is 0.800. The standard InChI is InChI=1S/C20H35N5O/c1-5-26-18-14-17(20(18)9-6-7-10-20)23-19(21-4)22-11-8-12-25-16(3)13-15(2)24-25/h13,17-18H,5-12,14H2,1-4H3,(H2,21,22,23). The number of rotatable bonds is 7. The molecule has 2 unspecified atom stereocenters. The van der Waals surface area contributed by atoms with Gasteiger partial charge in [0.2, 0.25) is 0 Å². The van der Waals surface area contributed by atoms with Gasteiger partial charge in [-0.2, -0.15) is 5.10 Å². The molecule has 2 saturated carbocycles. The van der Waals surface area contributed by atoms with Gasteiger partial charge in [0.15, 0.2) is 5.96 Å². The van der Waals surface area contributed by atoms with Gasteiger partial charge in [-0.15, -0.1) is 0 Å². The number of guanidine groups is 1. The van der Waals surface area contributed by atoms with E-state index < -0.39 is 0 Å². The van der Waals surface area contributed by atoms with Crippen molar-refractivity contribution in [1.29, 1.82) is 0 Å². The van der Waals surface area contributed by atoms with E-state index in [9.17, 15) is 0 Å². The number of ether oxygens (including phenoxy) is 1. The molecule has 1 heterocycles. The fourth-order valence-electron chi connectivity index (χ4n) is 4.79. The van der Waals surface area contributed by atoms with Crippen LogP contribution < -0.4 is 10.6 Å². The first-order valence-electron chi connectivity index (χ1n) is 10.2. The van der Waals surface area contributed by atoms with Crippen LogP contribution in [0, 0.1) is 19.3 Å². The van der Waals surface area contributed by atoms with Gasteiger partial charge in [-0.3, -0.25) is 9.67 Å². The Hall–Kier alpha value is -1.56. The molecule has 0 aromatic carbocycles. The molecular formula is C20H35N5O. The van der Waals surface area contributed by atoms with Crippen LogP contribution in [-0.4, -0.2) is 48.1 Å². The highest BCUT2D eigenvalue weighted by atomic mass is 16.5. The van der Waals surface area contributed by atoms with Gasteiger partial charge in [0.1, 0.15) is 0 Å². The van der Waals surface area contributed by atoms with E-state index in [1.54, 1.807) is 0 Å². The summed E-state index contributed by atoms with van der Waals surface area (Å²) in [4.78, 5) is 4.43. The molecule has 2 N–H and O–H groups in total. The number of hydrogen-bond acceptors (Lipinski definition) is 3. The van der Waals surface area contributed by atoms with Gasteiger partial charge in [0.05, 0.1) is 11.8 Å². The lowest BCUT2D eigenvalue weighted by atomic mass is 9.60. The Labute approximate surface area is 157 Å². The van der Waals surface area contributed by atoms with Crippen LogP contribution >= 0.6 is 0 Å². The molecule has 1 aromatic rings. The molecule has 2 aliphatic carbocycles. The average molecular weight is 362 g/mol. The second-order valence-electron chi connectivity index (χ2n) is 7.82. The zero-order valence-corrected chi connectivity index (χ0v) is 16.8. The molecule has 1 spiro atoms. The number of aryl methyl sites for hydroxylation is 3. The van der Waals surface area contributed by atoms with E-state index >= 15 is 0 Å². The Kier molecular flexibility index (Phi) is 6.22. The minimum atomic E-state index is 0.331. The van der Waals surface area contributed by atoms with Gasteiger partial charge in [0.25, 0.3) is 0 Å². The lowest BCUT2D eigenvalue weighted by Gasteiger charge is -2.54. The van der Waals surface area contributed by atoms with Crippen molar-refractivity contribution in [3.63, 3.8) is 0 Å². The summed E-state index contributed by atoms with van der Waals surface area (Å²) in [5, 5.41) is 11.7. The highest BCUT2D eigenvalue weighted by Gasteiger charge is 2.56. The Balaban J connectivity index is 1.45. The van der Waals surface area contributed by atoms with E-state index in [-0.39, 0.29) is 0 Å². The zero-order valence-electron chi connectivity index (χ0n) is 16.8. The van der Waals surface area contributed by atoms with Crippen molar-refractivity contribution in [2.45, 2.75) is 78.0 Å². The van der Waals surface area contributed by atoms with Crippen LogP contribution in [0.15, 0.2) is 11.1 Å². The van der Waals surface area contributed by atoms with E-state index in [2.05, 4.69) is 45.3 Å². The van der Waals surface area contributed by atoms with Crippen LogP contribution in [0.2, 0.25) is 0 Å². The molecule has 6 heteroatoms. The van der Waals surface area contributed by atoms with Crippen molar-refractivity contribution < 1.29 is 4.74 Å². The highest BCUT2D eigenvalue weighted by molar-refractivity contribution is 5.80. The molecule has 0 radical (unpaired) electrons. The first kappa shape index (κ1) is 19.2. The third-order valence-corrected chi connectivity index (χ3v) is 6.16. The van der Waals surface area contributed by atoms with Gasteiger partial charge < -0.3 is 15.4 Å². The lowest BCUT2D eigenvalue weighted by Crippen LogP contribution is -2.65. The van der Waals surface area contributed by atoms with Crippen molar-refractivity contribution in [1.82, 2.24) is 20.4 Å². The lowest BCUT2D eigenvalue weighted by molar-refractivity contribution is -0.125. The average Bonchev–Trinajstić information content (AvgIpc) is 3.24. The maximum absolute atomic E-state index is 6.01. The molecule has 2 atom stereocenters. The van der Waals surface area contributed by atoms with Gasteiger partial charge >= 0.3 is 0 Å². The molecule has 2 aliphatic rings. The van der Waals surface area contributed by atoms with Crippen molar-refractivity contribution in [2.75, 3.05) is 20.2 Å². The fourth-order valence-corrected chi connectivity index (χ4v) is 4.79. The number of aromatic nitrogens is 2.